The van der Waals surface area contributed by atoms with Gasteiger partial charge >= 0.3 is 5.97 Å². The van der Waals surface area contributed by atoms with Crippen molar-refractivity contribution in [3.8, 4) is 0 Å². The average molecular weight is 598 g/mol. The lowest BCUT2D eigenvalue weighted by Gasteiger charge is -2.33. The van der Waals surface area contributed by atoms with Crippen LogP contribution in [-0.4, -0.2) is 125 Å². The molecule has 2 heterocycles. The predicted octanol–water partition coefficient (Wildman–Crippen LogP) is -4.94. The van der Waals surface area contributed by atoms with E-state index in [1.807, 2.05) is 0 Å². The molecule has 0 aromatic rings. The fourth-order valence-electron chi connectivity index (χ4n) is 4.96. The predicted molar refractivity (Wildman–Crippen MR) is 151 cm³/mol. The highest BCUT2D eigenvalue weighted by atomic mass is 16.4. The number of β-amino-alcohol motifs (C(OH)–C–C–N with tert-alkyl or cyclic N) is 1. The second kappa shape index (κ2) is 16.3. The zero-order chi connectivity index (χ0) is 31.4. The third kappa shape index (κ3) is 10.3. The van der Waals surface area contributed by atoms with Gasteiger partial charge < -0.3 is 59.3 Å². The molecule has 0 aliphatic carbocycles. The summed E-state index contributed by atoms with van der Waals surface area (Å²) in [5.74, 6) is -3.79. The third-order valence-electron chi connectivity index (χ3n) is 6.96. The molecule has 236 valence electrons. The molecule has 0 saturated carbocycles. The van der Waals surface area contributed by atoms with Gasteiger partial charge in [0.25, 0.3) is 0 Å². The number of amides is 4. The molecule has 0 aromatic carbocycles. The number of carboxylic acids is 1. The minimum Gasteiger partial charge on any atom is -0.480 e. The number of guanidine groups is 2. The number of aliphatic imine (C=N–C) groups is 2. The minimum atomic E-state index is -1.26. The van der Waals surface area contributed by atoms with Crippen molar-refractivity contribution in [2.45, 2.75) is 75.2 Å². The maximum atomic E-state index is 13.7. The van der Waals surface area contributed by atoms with Crippen molar-refractivity contribution >= 4 is 41.5 Å². The first-order valence-electron chi connectivity index (χ1n) is 13.8. The highest BCUT2D eigenvalue weighted by molar-refractivity contribution is 5.96. The highest BCUT2D eigenvalue weighted by Crippen LogP contribution is 2.26. The summed E-state index contributed by atoms with van der Waals surface area (Å²) in [6.07, 6.45) is 0.922. The van der Waals surface area contributed by atoms with Gasteiger partial charge in [0.2, 0.25) is 23.6 Å². The molecule has 0 aromatic heterocycles. The second-order valence-electron chi connectivity index (χ2n) is 10.3. The molecule has 2 rings (SSSR count). The summed E-state index contributed by atoms with van der Waals surface area (Å²) in [6.45, 7) is -0.0720. The number of rotatable bonds is 15. The number of carbonyl (C=O) groups is 5. The maximum Gasteiger partial charge on any atom is 0.322 e. The van der Waals surface area contributed by atoms with Gasteiger partial charge in [0.15, 0.2) is 11.9 Å². The van der Waals surface area contributed by atoms with Crippen LogP contribution in [0.3, 0.4) is 0 Å². The van der Waals surface area contributed by atoms with Gasteiger partial charge in [-0.3, -0.25) is 34.0 Å². The summed E-state index contributed by atoms with van der Waals surface area (Å²) in [7, 11) is 0. The van der Waals surface area contributed by atoms with Gasteiger partial charge in [-0.05, 0) is 38.5 Å². The van der Waals surface area contributed by atoms with Crippen molar-refractivity contribution in [3.05, 3.63) is 0 Å². The number of hydrogen-bond acceptors (Lipinski definition) is 9. The van der Waals surface area contributed by atoms with Crippen molar-refractivity contribution in [2.24, 2.45) is 38.7 Å². The minimum absolute atomic E-state index is 0.0671. The van der Waals surface area contributed by atoms with E-state index in [2.05, 4.69) is 20.6 Å². The molecule has 5 atom stereocenters. The van der Waals surface area contributed by atoms with Gasteiger partial charge in [0.1, 0.15) is 24.7 Å². The first-order chi connectivity index (χ1) is 19.8. The molecule has 0 bridgehead atoms. The fourth-order valence-corrected chi connectivity index (χ4v) is 4.96. The molecule has 14 N–H and O–H groups in total. The van der Waals surface area contributed by atoms with Crippen molar-refractivity contribution in [1.29, 1.82) is 0 Å². The van der Waals surface area contributed by atoms with Crippen LogP contribution in [0.4, 0.5) is 0 Å². The van der Waals surface area contributed by atoms with Gasteiger partial charge in [-0.25, -0.2) is 0 Å². The molecule has 2 saturated heterocycles. The number of nitrogens with two attached hydrogens (primary N) is 5. The Bertz CT molecular complexity index is 1050. The van der Waals surface area contributed by atoms with E-state index in [0.717, 1.165) is 0 Å². The lowest BCUT2D eigenvalue weighted by molar-refractivity contribution is -0.148. The Kier molecular flexibility index (Phi) is 13.2. The number of aliphatic carboxylic acids is 1. The Morgan fingerprint density at radius 1 is 0.929 bits per heavy atom. The number of nitrogens with zero attached hydrogens (tertiary/aromatic N) is 4. The van der Waals surface area contributed by atoms with Crippen LogP contribution in [-0.2, 0) is 24.0 Å². The lowest BCUT2D eigenvalue weighted by atomic mass is 10.1. The van der Waals surface area contributed by atoms with E-state index in [-0.39, 0.29) is 57.4 Å². The maximum absolute atomic E-state index is 13.7. The van der Waals surface area contributed by atoms with Crippen molar-refractivity contribution in [2.75, 3.05) is 32.7 Å². The Balaban J connectivity index is 2.15. The second-order valence-corrected chi connectivity index (χ2v) is 10.3. The topological polar surface area (TPSA) is 311 Å². The lowest BCUT2D eigenvalue weighted by Crippen LogP contribution is -2.57. The number of nitrogens with one attached hydrogen (secondary N) is 2. The SMILES string of the molecule is NC(N)=NCCC[C@@H](N)C(=O)N[C@@H](CCCN=C(N)N)C(=O)N1CCC[C@H]1C(=O)N1C[C@H](O)C[C@H]1C(=O)NCC(=O)O. The molecule has 0 unspecified atom stereocenters. The summed E-state index contributed by atoms with van der Waals surface area (Å²) in [4.78, 5) is 73.9. The molecule has 0 spiro atoms. The fraction of sp³-hybridized carbons (Fsp3) is 0.708. The standard InChI is InChI=1S/C24H43N11O7/c25-14(4-1-7-30-23(26)27)19(39)33-15(5-2-8-31-24(28)29)21(41)34-9-3-6-16(34)22(42)35-12-13(36)10-17(35)20(40)32-11-18(37)38/h13-17,36H,1-12,25H2,(H,32,40)(H,33,39)(H,37,38)(H4,26,27,30)(H4,28,29,31)/t13-,14-,15+,16+,17+/m1/s1. The molecule has 4 amide bonds. The Hall–Kier alpha value is -4.19. The highest BCUT2D eigenvalue weighted by Gasteiger charge is 2.45. The Labute approximate surface area is 243 Å². The monoisotopic (exact) mass is 597 g/mol. The number of aliphatic hydroxyl groups is 1. The van der Waals surface area contributed by atoms with Crippen LogP contribution in [0.15, 0.2) is 9.98 Å². The number of hydrogen-bond donors (Lipinski definition) is 9. The van der Waals surface area contributed by atoms with E-state index in [1.54, 1.807) is 0 Å². The first-order valence-corrected chi connectivity index (χ1v) is 13.8. The zero-order valence-electron chi connectivity index (χ0n) is 23.5. The van der Waals surface area contributed by atoms with Crippen LogP contribution in [0.2, 0.25) is 0 Å². The summed E-state index contributed by atoms with van der Waals surface area (Å²) < 4.78 is 0. The van der Waals surface area contributed by atoms with E-state index in [0.29, 0.717) is 25.7 Å². The van der Waals surface area contributed by atoms with E-state index in [9.17, 15) is 29.1 Å². The molecule has 18 heteroatoms. The normalized spacial score (nSPS) is 21.2. The molecule has 2 aliphatic rings. The summed E-state index contributed by atoms with van der Waals surface area (Å²) in [5, 5.41) is 24.0. The van der Waals surface area contributed by atoms with E-state index < -0.39 is 66.4 Å². The van der Waals surface area contributed by atoms with Crippen LogP contribution in [0.25, 0.3) is 0 Å². The van der Waals surface area contributed by atoms with Gasteiger partial charge in [-0.2, -0.15) is 0 Å². The number of carbonyl (C=O) groups excluding carboxylic acids is 4. The van der Waals surface area contributed by atoms with E-state index >= 15 is 0 Å². The van der Waals surface area contributed by atoms with Crippen LogP contribution >= 0.6 is 0 Å². The molecular weight excluding hydrogens is 554 g/mol. The largest absolute Gasteiger partial charge is 0.480 e. The van der Waals surface area contributed by atoms with Crippen LogP contribution in [0.5, 0.6) is 0 Å². The third-order valence-corrected chi connectivity index (χ3v) is 6.96. The molecular formula is C24H43N11O7. The molecule has 42 heavy (non-hydrogen) atoms. The number of carboxylic acid groups (broad SMARTS) is 1. The van der Waals surface area contributed by atoms with Crippen LogP contribution in [0.1, 0.15) is 44.9 Å². The van der Waals surface area contributed by atoms with Crippen LogP contribution in [0, 0.1) is 0 Å². The number of aliphatic hydroxyl groups excluding tert-OH is 1. The quantitative estimate of drug-likeness (QED) is 0.0487. The Morgan fingerprint density at radius 3 is 2.14 bits per heavy atom. The van der Waals surface area contributed by atoms with Gasteiger partial charge in [0.05, 0.1) is 12.1 Å². The van der Waals surface area contributed by atoms with E-state index in [4.69, 9.17) is 33.8 Å². The molecule has 2 fully saturated rings. The smallest absolute Gasteiger partial charge is 0.322 e. The Morgan fingerprint density at radius 2 is 1.55 bits per heavy atom. The van der Waals surface area contributed by atoms with Crippen molar-refractivity contribution < 1.29 is 34.2 Å². The molecule has 18 nitrogen and oxygen atoms in total. The van der Waals surface area contributed by atoms with Gasteiger partial charge in [0, 0.05) is 32.6 Å². The first kappa shape index (κ1) is 34.0. The zero-order valence-corrected chi connectivity index (χ0v) is 23.5. The van der Waals surface area contributed by atoms with Gasteiger partial charge in [-0.1, -0.05) is 0 Å². The summed E-state index contributed by atoms with van der Waals surface area (Å²) in [6, 6.07) is -4.01. The van der Waals surface area contributed by atoms with Crippen LogP contribution < -0.4 is 39.3 Å². The summed E-state index contributed by atoms with van der Waals surface area (Å²) in [5.41, 5.74) is 27.4. The van der Waals surface area contributed by atoms with Gasteiger partial charge in [-0.15, -0.1) is 0 Å². The van der Waals surface area contributed by atoms with Crippen molar-refractivity contribution in [3.63, 3.8) is 0 Å². The van der Waals surface area contributed by atoms with Crippen molar-refractivity contribution in [1.82, 2.24) is 20.4 Å². The summed E-state index contributed by atoms with van der Waals surface area (Å²) >= 11 is 0. The molecule has 0 radical (unpaired) electrons. The average Bonchev–Trinajstić information content (AvgIpc) is 3.57. The number of likely N-dealkylation sites (tertiary alicyclic amines) is 2. The molecule has 2 aliphatic heterocycles. The van der Waals surface area contributed by atoms with E-state index in [1.165, 1.54) is 9.80 Å².